The highest BCUT2D eigenvalue weighted by Crippen LogP contribution is 2.19. The predicted molar refractivity (Wildman–Crippen MR) is 168 cm³/mol. The molecule has 41 heavy (non-hydrogen) atoms. The summed E-state index contributed by atoms with van der Waals surface area (Å²) < 4.78 is 0.646. The second-order valence-corrected chi connectivity index (χ2v) is 12.4. The van der Waals surface area contributed by atoms with Crippen LogP contribution in [0.25, 0.3) is 0 Å². The molecule has 242 valence electrons. The van der Waals surface area contributed by atoms with Gasteiger partial charge in [0.2, 0.25) is 0 Å². The number of rotatable bonds is 33. The topological polar surface area (TPSA) is 112 Å². The number of unbranched alkanes of at least 4 members (excludes halogenated alkanes) is 19. The highest BCUT2D eigenvalue weighted by Gasteiger charge is 2.27. The van der Waals surface area contributed by atoms with Crippen molar-refractivity contribution in [2.24, 2.45) is 0 Å². The number of carboxylic acid groups (broad SMARTS) is 3. The number of carbonyl (C=O) groups is 3. The van der Waals surface area contributed by atoms with Crippen LogP contribution in [-0.2, 0) is 14.4 Å². The molecule has 7 nitrogen and oxygen atoms in total. The van der Waals surface area contributed by atoms with Crippen molar-refractivity contribution >= 4 is 17.9 Å². The maximum atomic E-state index is 11.1. The molecular weight excluding hydrogens is 518 g/mol. The summed E-state index contributed by atoms with van der Waals surface area (Å²) in [4.78, 5) is 33.2. The first kappa shape index (κ1) is 39.4. The Balaban J connectivity index is 4.03. The van der Waals surface area contributed by atoms with Gasteiger partial charge in [0.25, 0.3) is 0 Å². The van der Waals surface area contributed by atoms with E-state index in [9.17, 15) is 14.4 Å². The fourth-order valence-electron chi connectivity index (χ4n) is 6.07. The van der Waals surface area contributed by atoms with Gasteiger partial charge in [-0.15, -0.1) is 0 Å². The van der Waals surface area contributed by atoms with Crippen molar-refractivity contribution in [2.75, 3.05) is 26.2 Å². The van der Waals surface area contributed by atoms with E-state index in [2.05, 4.69) is 6.92 Å². The summed E-state index contributed by atoms with van der Waals surface area (Å²) in [5.74, 6) is -2.46. The summed E-state index contributed by atoms with van der Waals surface area (Å²) in [5.41, 5.74) is 0. The summed E-state index contributed by atoms with van der Waals surface area (Å²) in [5, 5.41) is 27.3. The van der Waals surface area contributed by atoms with E-state index in [0.29, 0.717) is 43.4 Å². The average Bonchev–Trinajstić information content (AvgIpc) is 2.91. The Morgan fingerprint density at radius 1 is 0.366 bits per heavy atom. The van der Waals surface area contributed by atoms with Gasteiger partial charge in [-0.1, -0.05) is 122 Å². The van der Waals surface area contributed by atoms with Gasteiger partial charge in [0.15, 0.2) is 0 Å². The smallest absolute Gasteiger partial charge is 0.303 e. The van der Waals surface area contributed by atoms with Crippen LogP contribution in [0.2, 0.25) is 0 Å². The van der Waals surface area contributed by atoms with E-state index >= 15 is 0 Å². The van der Waals surface area contributed by atoms with E-state index < -0.39 is 17.9 Å². The number of aliphatic carboxylic acids is 3. The Labute approximate surface area is 252 Å². The monoisotopic (exact) mass is 584 g/mol. The standard InChI is InChI=1S/C34H65NO6/c1-2-3-4-5-6-7-8-9-10-11-12-13-14-15-16-17-18-19-20-21-28-35(29-22-25-32(36)37,30-23-26-33(38)39)31-24-27-34(40)41/h2-31H2,1H3,(H2-,36,37,38,39,40,41)/p+1. The van der Waals surface area contributed by atoms with Gasteiger partial charge in [-0.3, -0.25) is 14.4 Å². The minimum Gasteiger partial charge on any atom is -0.481 e. The maximum Gasteiger partial charge on any atom is 0.303 e. The van der Waals surface area contributed by atoms with Gasteiger partial charge in [-0.05, 0) is 12.8 Å². The van der Waals surface area contributed by atoms with E-state index in [-0.39, 0.29) is 19.3 Å². The van der Waals surface area contributed by atoms with E-state index in [0.717, 1.165) is 19.4 Å². The Bertz CT molecular complexity index is 588. The molecule has 0 heterocycles. The normalized spacial score (nSPS) is 11.6. The van der Waals surface area contributed by atoms with Crippen LogP contribution in [0.3, 0.4) is 0 Å². The van der Waals surface area contributed by atoms with Gasteiger partial charge in [-0.25, -0.2) is 0 Å². The largest absolute Gasteiger partial charge is 0.481 e. The first-order valence-electron chi connectivity index (χ1n) is 17.3. The molecule has 0 aliphatic heterocycles. The number of carboxylic acids is 3. The van der Waals surface area contributed by atoms with Crippen molar-refractivity contribution in [3.63, 3.8) is 0 Å². The van der Waals surface area contributed by atoms with Crippen LogP contribution in [0.5, 0.6) is 0 Å². The molecule has 7 heteroatoms. The third-order valence-corrected chi connectivity index (χ3v) is 8.56. The molecule has 0 unspecified atom stereocenters. The SMILES string of the molecule is CCCCCCCCCCCCCCCCCCCCCC[N+](CCCC(=O)O)(CCCC(=O)O)CCCC(=O)O. The molecule has 0 aromatic carbocycles. The van der Waals surface area contributed by atoms with Crippen molar-refractivity contribution < 1.29 is 34.2 Å². The van der Waals surface area contributed by atoms with Gasteiger partial charge in [0, 0.05) is 19.3 Å². The van der Waals surface area contributed by atoms with E-state index in [1.807, 2.05) is 0 Å². The number of hydrogen-bond donors (Lipinski definition) is 3. The maximum absolute atomic E-state index is 11.1. The Morgan fingerprint density at radius 3 is 0.829 bits per heavy atom. The number of quaternary nitrogens is 1. The third-order valence-electron chi connectivity index (χ3n) is 8.56. The lowest BCUT2D eigenvalue weighted by Crippen LogP contribution is -2.51. The van der Waals surface area contributed by atoms with Crippen LogP contribution < -0.4 is 0 Å². The van der Waals surface area contributed by atoms with Gasteiger partial charge < -0.3 is 19.8 Å². The molecule has 0 atom stereocenters. The molecular formula is C34H66NO6+. The molecule has 0 amide bonds. The van der Waals surface area contributed by atoms with Gasteiger partial charge in [-0.2, -0.15) is 0 Å². The predicted octanol–water partition coefficient (Wildman–Crippen LogP) is 9.22. The van der Waals surface area contributed by atoms with E-state index in [4.69, 9.17) is 15.3 Å². The molecule has 0 radical (unpaired) electrons. The first-order valence-corrected chi connectivity index (χ1v) is 17.3. The lowest BCUT2D eigenvalue weighted by Gasteiger charge is -2.39. The minimum atomic E-state index is -0.821. The summed E-state index contributed by atoms with van der Waals surface area (Å²) in [7, 11) is 0. The van der Waals surface area contributed by atoms with Crippen molar-refractivity contribution in [2.45, 2.75) is 174 Å². The van der Waals surface area contributed by atoms with Gasteiger partial charge >= 0.3 is 17.9 Å². The fraction of sp³-hybridized carbons (Fsp3) is 0.912. The zero-order valence-corrected chi connectivity index (χ0v) is 26.7. The summed E-state index contributed by atoms with van der Waals surface area (Å²) in [6.07, 6.45) is 28.6. The van der Waals surface area contributed by atoms with Crippen LogP contribution in [0.4, 0.5) is 0 Å². The zero-order valence-electron chi connectivity index (χ0n) is 26.7. The number of nitrogens with zero attached hydrogens (tertiary/aromatic N) is 1. The van der Waals surface area contributed by atoms with Crippen molar-refractivity contribution in [1.29, 1.82) is 0 Å². The lowest BCUT2D eigenvalue weighted by atomic mass is 10.0. The molecule has 0 saturated heterocycles. The highest BCUT2D eigenvalue weighted by atomic mass is 16.4. The Hall–Kier alpha value is -1.63. The zero-order chi connectivity index (χ0) is 30.4. The van der Waals surface area contributed by atoms with Crippen LogP contribution in [-0.4, -0.2) is 63.9 Å². The lowest BCUT2D eigenvalue weighted by molar-refractivity contribution is -0.929. The molecule has 0 bridgehead atoms. The molecule has 0 saturated carbocycles. The van der Waals surface area contributed by atoms with Gasteiger partial charge in [0.05, 0.1) is 45.4 Å². The second-order valence-electron chi connectivity index (χ2n) is 12.4. The molecule has 0 aromatic heterocycles. The van der Waals surface area contributed by atoms with Gasteiger partial charge in [0.1, 0.15) is 0 Å². The minimum absolute atomic E-state index is 0.0944. The van der Waals surface area contributed by atoms with Crippen LogP contribution in [0.1, 0.15) is 174 Å². The molecule has 0 rings (SSSR count). The summed E-state index contributed by atoms with van der Waals surface area (Å²) >= 11 is 0. The molecule has 0 aromatic rings. The second kappa shape index (κ2) is 28.5. The Kier molecular flexibility index (Phi) is 27.4. The fourth-order valence-corrected chi connectivity index (χ4v) is 6.07. The van der Waals surface area contributed by atoms with E-state index in [1.54, 1.807) is 0 Å². The van der Waals surface area contributed by atoms with Crippen molar-refractivity contribution in [3.8, 4) is 0 Å². The molecule has 0 aliphatic carbocycles. The van der Waals surface area contributed by atoms with E-state index in [1.165, 1.54) is 116 Å². The summed E-state index contributed by atoms with van der Waals surface area (Å²) in [6, 6.07) is 0. The third kappa shape index (κ3) is 28.3. The quantitative estimate of drug-likeness (QED) is 0.0523. The highest BCUT2D eigenvalue weighted by molar-refractivity contribution is 5.67. The molecule has 3 N–H and O–H groups in total. The molecule has 0 aliphatic rings. The molecule has 0 spiro atoms. The Morgan fingerprint density at radius 2 is 0.585 bits per heavy atom. The van der Waals surface area contributed by atoms with Crippen molar-refractivity contribution in [1.82, 2.24) is 0 Å². The van der Waals surface area contributed by atoms with Crippen LogP contribution in [0.15, 0.2) is 0 Å². The number of hydrogen-bond acceptors (Lipinski definition) is 3. The van der Waals surface area contributed by atoms with Crippen LogP contribution >= 0.6 is 0 Å². The summed E-state index contributed by atoms with van der Waals surface area (Å²) in [6.45, 7) is 5.16. The average molecular weight is 585 g/mol. The van der Waals surface area contributed by atoms with Crippen molar-refractivity contribution in [3.05, 3.63) is 0 Å². The van der Waals surface area contributed by atoms with Crippen LogP contribution in [0, 0.1) is 0 Å². The molecule has 0 fully saturated rings. The first-order chi connectivity index (χ1) is 19.8.